The number of aromatic nitrogens is 2. The summed E-state index contributed by atoms with van der Waals surface area (Å²) in [5.41, 5.74) is 2.03. The number of fused-ring (bicyclic) bond motifs is 1. The van der Waals surface area contributed by atoms with E-state index in [9.17, 15) is 9.59 Å². The Morgan fingerprint density at radius 2 is 2.03 bits per heavy atom. The van der Waals surface area contributed by atoms with Crippen molar-refractivity contribution in [2.24, 2.45) is 0 Å². The van der Waals surface area contributed by atoms with Crippen LogP contribution in [0.1, 0.15) is 5.56 Å². The van der Waals surface area contributed by atoms with Crippen molar-refractivity contribution in [1.29, 1.82) is 5.26 Å². The Hall–Kier alpha value is -4.06. The molecule has 3 aromatic rings. The van der Waals surface area contributed by atoms with E-state index in [-0.39, 0.29) is 18.5 Å². The van der Waals surface area contributed by atoms with Crippen LogP contribution >= 0.6 is 0 Å². The van der Waals surface area contributed by atoms with Crippen LogP contribution < -0.4 is 16.0 Å². The molecule has 0 unspecified atom stereocenters. The van der Waals surface area contributed by atoms with Crippen LogP contribution in [0, 0.1) is 11.3 Å². The number of hydrogen-bond donors (Lipinski definition) is 3. The molecule has 0 aliphatic heterocycles. The molecule has 0 spiro atoms. The zero-order chi connectivity index (χ0) is 21.5. The summed E-state index contributed by atoms with van der Waals surface area (Å²) in [4.78, 5) is 29.7. The van der Waals surface area contributed by atoms with Crippen LogP contribution in [-0.2, 0) is 11.3 Å². The minimum atomic E-state index is -0.333. The molecule has 0 atom stereocenters. The van der Waals surface area contributed by atoms with Gasteiger partial charge in [0, 0.05) is 56.2 Å². The Morgan fingerprint density at radius 1 is 1.20 bits per heavy atom. The van der Waals surface area contributed by atoms with Crippen molar-refractivity contribution in [3.05, 3.63) is 54.4 Å². The molecule has 0 saturated carbocycles. The largest absolute Gasteiger partial charge is 0.367 e. The fourth-order valence-corrected chi connectivity index (χ4v) is 2.87. The van der Waals surface area contributed by atoms with Gasteiger partial charge in [0.1, 0.15) is 18.4 Å². The molecule has 2 aromatic heterocycles. The maximum Gasteiger partial charge on any atom is 0.319 e. The Morgan fingerprint density at radius 3 is 2.80 bits per heavy atom. The highest BCUT2D eigenvalue weighted by Crippen LogP contribution is 2.20. The Bertz CT molecular complexity index is 1100. The number of urea groups is 1. The number of likely N-dealkylation sites (N-methyl/N-ethyl adjacent to an activating group) is 1. The highest BCUT2D eigenvalue weighted by Gasteiger charge is 2.09. The lowest BCUT2D eigenvalue weighted by atomic mass is 10.2. The molecule has 9 heteroatoms. The Balaban J connectivity index is 1.51. The van der Waals surface area contributed by atoms with Gasteiger partial charge in [0.05, 0.1) is 5.56 Å². The first-order valence-corrected chi connectivity index (χ1v) is 9.41. The number of carbonyl (C=O) groups is 2. The highest BCUT2D eigenvalue weighted by molar-refractivity contribution is 5.93. The van der Waals surface area contributed by atoms with Crippen molar-refractivity contribution in [2.45, 2.75) is 6.54 Å². The van der Waals surface area contributed by atoms with Crippen LogP contribution in [0.25, 0.3) is 10.9 Å². The minimum Gasteiger partial charge on any atom is -0.367 e. The predicted molar refractivity (Wildman–Crippen MR) is 115 cm³/mol. The first kappa shape index (κ1) is 20.7. The molecule has 0 fully saturated rings. The van der Waals surface area contributed by atoms with Crippen molar-refractivity contribution in [2.75, 3.05) is 37.8 Å². The molecular weight excluding hydrogens is 382 g/mol. The predicted octanol–water partition coefficient (Wildman–Crippen LogP) is 2.23. The molecule has 154 valence electrons. The van der Waals surface area contributed by atoms with Crippen molar-refractivity contribution in [3.8, 4) is 6.07 Å². The SMILES string of the molecule is CN(C)C(=O)Cn1ccc2cc(NC(=O)NCCNc3ncccc3C#N)ccc21. The number of nitrogens with zero attached hydrogens (tertiary/aromatic N) is 4. The number of pyridine rings is 1. The van der Waals surface area contributed by atoms with Gasteiger partial charge < -0.3 is 25.4 Å². The maximum atomic E-state index is 12.1. The summed E-state index contributed by atoms with van der Waals surface area (Å²) in [6.45, 7) is 1.06. The molecule has 0 bridgehead atoms. The van der Waals surface area contributed by atoms with Gasteiger partial charge >= 0.3 is 6.03 Å². The number of nitriles is 1. The first-order valence-electron chi connectivity index (χ1n) is 9.41. The minimum absolute atomic E-state index is 0.00952. The fraction of sp³-hybridized carbons (Fsp3) is 0.238. The van der Waals surface area contributed by atoms with Crippen molar-refractivity contribution < 1.29 is 9.59 Å². The lowest BCUT2D eigenvalue weighted by molar-refractivity contribution is -0.129. The molecule has 3 rings (SSSR count). The number of rotatable bonds is 7. The van der Waals surface area contributed by atoms with Crippen LogP contribution in [0.3, 0.4) is 0 Å². The van der Waals surface area contributed by atoms with Gasteiger partial charge in [-0.2, -0.15) is 5.26 Å². The van der Waals surface area contributed by atoms with Gasteiger partial charge in [-0.05, 0) is 36.4 Å². The molecule has 0 aliphatic rings. The number of benzene rings is 1. The smallest absolute Gasteiger partial charge is 0.319 e. The molecule has 30 heavy (non-hydrogen) atoms. The third kappa shape index (κ3) is 5.05. The third-order valence-electron chi connectivity index (χ3n) is 4.46. The summed E-state index contributed by atoms with van der Waals surface area (Å²) in [5, 5.41) is 18.5. The summed E-state index contributed by atoms with van der Waals surface area (Å²) in [6, 6.07) is 12.5. The zero-order valence-corrected chi connectivity index (χ0v) is 16.8. The Labute approximate surface area is 174 Å². The van der Waals surface area contributed by atoms with Gasteiger partial charge in [-0.1, -0.05) is 0 Å². The van der Waals surface area contributed by atoms with E-state index in [4.69, 9.17) is 5.26 Å². The number of anilines is 2. The van der Waals surface area contributed by atoms with Gasteiger partial charge in [-0.25, -0.2) is 9.78 Å². The average molecular weight is 405 g/mol. The average Bonchev–Trinajstić information content (AvgIpc) is 3.13. The van der Waals surface area contributed by atoms with Crippen LogP contribution in [0.4, 0.5) is 16.3 Å². The second kappa shape index (κ2) is 9.43. The Kier molecular flexibility index (Phi) is 6.49. The lowest BCUT2D eigenvalue weighted by Gasteiger charge is -2.12. The summed E-state index contributed by atoms with van der Waals surface area (Å²) in [5.74, 6) is 0.500. The van der Waals surface area contributed by atoms with Gasteiger partial charge in [0.25, 0.3) is 0 Å². The van der Waals surface area contributed by atoms with Crippen LogP contribution in [0.5, 0.6) is 0 Å². The topological polar surface area (TPSA) is 115 Å². The second-order valence-electron chi connectivity index (χ2n) is 6.82. The molecule has 1 aromatic carbocycles. The summed E-state index contributed by atoms with van der Waals surface area (Å²) in [7, 11) is 3.45. The molecule has 3 N–H and O–H groups in total. The number of hydrogen-bond acceptors (Lipinski definition) is 5. The lowest BCUT2D eigenvalue weighted by Crippen LogP contribution is -2.32. The zero-order valence-electron chi connectivity index (χ0n) is 16.8. The monoisotopic (exact) mass is 405 g/mol. The summed E-state index contributed by atoms with van der Waals surface area (Å²) in [6.07, 6.45) is 3.46. The van der Waals surface area contributed by atoms with E-state index in [1.807, 2.05) is 29.0 Å². The van der Waals surface area contributed by atoms with Gasteiger partial charge in [-0.3, -0.25) is 4.79 Å². The van der Waals surface area contributed by atoms with E-state index in [1.54, 1.807) is 43.4 Å². The van der Waals surface area contributed by atoms with Crippen molar-refractivity contribution in [3.63, 3.8) is 0 Å². The normalized spacial score (nSPS) is 10.3. The van der Waals surface area contributed by atoms with Crippen LogP contribution in [-0.4, -0.2) is 53.6 Å². The van der Waals surface area contributed by atoms with E-state index in [1.165, 1.54) is 0 Å². The second-order valence-corrected chi connectivity index (χ2v) is 6.82. The van der Waals surface area contributed by atoms with Gasteiger partial charge in [0.15, 0.2) is 0 Å². The van der Waals surface area contributed by atoms with E-state index >= 15 is 0 Å². The van der Waals surface area contributed by atoms with Gasteiger partial charge in [-0.15, -0.1) is 0 Å². The number of nitrogens with one attached hydrogen (secondary N) is 3. The first-order chi connectivity index (χ1) is 14.5. The van der Waals surface area contributed by atoms with E-state index < -0.39 is 0 Å². The van der Waals surface area contributed by atoms with Crippen molar-refractivity contribution in [1.82, 2.24) is 19.8 Å². The molecular formula is C21H23N7O2. The maximum absolute atomic E-state index is 12.1. The van der Waals surface area contributed by atoms with E-state index in [0.717, 1.165) is 10.9 Å². The van der Waals surface area contributed by atoms with Crippen LogP contribution in [0.2, 0.25) is 0 Å². The van der Waals surface area contributed by atoms with E-state index in [0.29, 0.717) is 30.2 Å². The standard InChI is InChI=1S/C21H23N7O2/c1-27(2)19(29)14-28-11-7-15-12-17(5-6-18(15)28)26-21(30)25-10-9-24-20-16(13-22)4-3-8-23-20/h3-8,11-12H,9-10,14H2,1-2H3,(H,23,24)(H2,25,26,30). The number of carbonyl (C=O) groups excluding carboxylic acids is 2. The van der Waals surface area contributed by atoms with E-state index in [2.05, 4.69) is 27.0 Å². The molecule has 3 amide bonds. The van der Waals surface area contributed by atoms with Crippen LogP contribution in [0.15, 0.2) is 48.8 Å². The van der Waals surface area contributed by atoms with Crippen molar-refractivity contribution >= 4 is 34.3 Å². The summed E-state index contributed by atoms with van der Waals surface area (Å²) < 4.78 is 1.88. The molecule has 0 radical (unpaired) electrons. The highest BCUT2D eigenvalue weighted by atomic mass is 16.2. The molecule has 0 saturated heterocycles. The van der Waals surface area contributed by atoms with Gasteiger partial charge in [0.2, 0.25) is 5.91 Å². The quantitative estimate of drug-likeness (QED) is 0.522. The summed E-state index contributed by atoms with van der Waals surface area (Å²) >= 11 is 0. The fourth-order valence-electron chi connectivity index (χ4n) is 2.87. The number of amides is 3. The third-order valence-corrected chi connectivity index (χ3v) is 4.46. The molecule has 2 heterocycles. The molecule has 0 aliphatic carbocycles. The molecule has 9 nitrogen and oxygen atoms in total.